The van der Waals surface area contributed by atoms with Crippen molar-refractivity contribution in [2.45, 2.75) is 38.1 Å². The van der Waals surface area contributed by atoms with Crippen LogP contribution in [0.1, 0.15) is 36.0 Å². The molecule has 0 unspecified atom stereocenters. The average Bonchev–Trinajstić information content (AvgIpc) is 3.39. The van der Waals surface area contributed by atoms with Gasteiger partial charge >= 0.3 is 6.36 Å². The number of likely N-dealkylation sites (tertiary alicyclic amines) is 2. The number of amides is 1. The molecule has 0 saturated carbocycles. The predicted molar refractivity (Wildman–Crippen MR) is 108 cm³/mol. The third-order valence-electron chi connectivity index (χ3n) is 5.93. The molecule has 0 bridgehead atoms. The second-order valence-corrected chi connectivity index (χ2v) is 8.07. The van der Waals surface area contributed by atoms with Crippen molar-refractivity contribution >= 4 is 5.91 Å². The molecular formula is C23H24F4N2O2. The Kier molecular flexibility index (Phi) is 6.18. The van der Waals surface area contributed by atoms with E-state index in [1.54, 1.807) is 11.0 Å². The molecule has 31 heavy (non-hydrogen) atoms. The van der Waals surface area contributed by atoms with Crippen LogP contribution in [-0.4, -0.2) is 54.3 Å². The molecule has 4 nitrogen and oxygen atoms in total. The molecule has 2 saturated heterocycles. The Morgan fingerprint density at radius 1 is 0.968 bits per heavy atom. The van der Waals surface area contributed by atoms with Crippen molar-refractivity contribution in [3.05, 3.63) is 53.8 Å². The van der Waals surface area contributed by atoms with Gasteiger partial charge in [-0.1, -0.05) is 18.2 Å². The summed E-state index contributed by atoms with van der Waals surface area (Å²) in [6.07, 6.45) is -0.567. The fourth-order valence-electron chi connectivity index (χ4n) is 4.43. The SMILES string of the molecule is O=C(c1ccc(-c2ccc(OC(F)(F)F)cc2)cc1F)N1CCC[C@H]1CN1CCCC1. The van der Waals surface area contributed by atoms with Gasteiger partial charge in [0.25, 0.3) is 5.91 Å². The Morgan fingerprint density at radius 2 is 1.65 bits per heavy atom. The molecule has 0 radical (unpaired) electrons. The summed E-state index contributed by atoms with van der Waals surface area (Å²) in [5, 5.41) is 0. The first-order valence-electron chi connectivity index (χ1n) is 10.5. The van der Waals surface area contributed by atoms with Gasteiger partial charge in [-0.05, 0) is 74.2 Å². The van der Waals surface area contributed by atoms with E-state index in [2.05, 4.69) is 9.64 Å². The van der Waals surface area contributed by atoms with Gasteiger partial charge in [-0.3, -0.25) is 4.79 Å². The van der Waals surface area contributed by atoms with Gasteiger partial charge < -0.3 is 14.5 Å². The van der Waals surface area contributed by atoms with E-state index in [0.29, 0.717) is 17.7 Å². The third-order valence-corrected chi connectivity index (χ3v) is 5.93. The lowest BCUT2D eigenvalue weighted by molar-refractivity contribution is -0.274. The molecule has 2 fully saturated rings. The number of nitrogens with zero attached hydrogens (tertiary/aromatic N) is 2. The van der Waals surface area contributed by atoms with Gasteiger partial charge in [0, 0.05) is 19.1 Å². The fourth-order valence-corrected chi connectivity index (χ4v) is 4.43. The summed E-state index contributed by atoms with van der Waals surface area (Å²) in [7, 11) is 0. The van der Waals surface area contributed by atoms with E-state index < -0.39 is 12.2 Å². The molecular weight excluding hydrogens is 412 g/mol. The molecule has 166 valence electrons. The van der Waals surface area contributed by atoms with Crippen molar-refractivity contribution in [1.82, 2.24) is 9.80 Å². The van der Waals surface area contributed by atoms with Crippen LogP contribution in [0.15, 0.2) is 42.5 Å². The van der Waals surface area contributed by atoms with E-state index in [1.165, 1.54) is 49.2 Å². The highest BCUT2D eigenvalue weighted by Crippen LogP contribution is 2.29. The van der Waals surface area contributed by atoms with Gasteiger partial charge in [0.05, 0.1) is 5.56 Å². The van der Waals surface area contributed by atoms with Crippen LogP contribution in [-0.2, 0) is 0 Å². The van der Waals surface area contributed by atoms with Crippen molar-refractivity contribution in [2.75, 3.05) is 26.2 Å². The molecule has 4 rings (SSSR count). The maximum Gasteiger partial charge on any atom is 0.573 e. The smallest absolute Gasteiger partial charge is 0.406 e. The molecule has 8 heteroatoms. The third kappa shape index (κ3) is 5.18. The van der Waals surface area contributed by atoms with Crippen molar-refractivity contribution in [2.24, 2.45) is 0 Å². The van der Waals surface area contributed by atoms with E-state index in [4.69, 9.17) is 0 Å². The Bertz CT molecular complexity index is 924. The van der Waals surface area contributed by atoms with Crippen molar-refractivity contribution < 1.29 is 27.1 Å². The maximum atomic E-state index is 14.8. The zero-order valence-electron chi connectivity index (χ0n) is 17.0. The number of carbonyl (C=O) groups excluding carboxylic acids is 1. The molecule has 2 aromatic rings. The second kappa shape index (κ2) is 8.86. The van der Waals surface area contributed by atoms with Crippen LogP contribution >= 0.6 is 0 Å². The summed E-state index contributed by atoms with van der Waals surface area (Å²) in [4.78, 5) is 17.2. The lowest BCUT2D eigenvalue weighted by Crippen LogP contribution is -2.42. The van der Waals surface area contributed by atoms with Gasteiger partial charge in [-0.15, -0.1) is 13.2 Å². The van der Waals surface area contributed by atoms with Crippen LogP contribution in [0.25, 0.3) is 11.1 Å². The summed E-state index contributed by atoms with van der Waals surface area (Å²) in [5.41, 5.74) is 1.03. The molecule has 2 heterocycles. The van der Waals surface area contributed by atoms with Crippen LogP contribution in [0.3, 0.4) is 0 Å². The zero-order chi connectivity index (χ0) is 22.0. The number of carbonyl (C=O) groups is 1. The van der Waals surface area contributed by atoms with Crippen LogP contribution in [0.2, 0.25) is 0 Å². The number of benzene rings is 2. The van der Waals surface area contributed by atoms with Crippen LogP contribution < -0.4 is 4.74 Å². The summed E-state index contributed by atoms with van der Waals surface area (Å²) in [6, 6.07) is 9.61. The number of hydrogen-bond acceptors (Lipinski definition) is 3. The van der Waals surface area contributed by atoms with E-state index in [1.807, 2.05) is 0 Å². The number of halogens is 4. The summed E-state index contributed by atoms with van der Waals surface area (Å²) in [5.74, 6) is -1.29. The van der Waals surface area contributed by atoms with Gasteiger partial charge in [0.15, 0.2) is 0 Å². The molecule has 0 aliphatic carbocycles. The minimum absolute atomic E-state index is 0.0223. The number of alkyl halides is 3. The lowest BCUT2D eigenvalue weighted by Gasteiger charge is -2.28. The first kappa shape index (κ1) is 21.6. The summed E-state index contributed by atoms with van der Waals surface area (Å²) >= 11 is 0. The van der Waals surface area contributed by atoms with Crippen molar-refractivity contribution in [3.63, 3.8) is 0 Å². The predicted octanol–water partition coefficient (Wildman–Crippen LogP) is 5.09. The molecule has 0 aromatic heterocycles. The van der Waals surface area contributed by atoms with Crippen molar-refractivity contribution in [3.8, 4) is 16.9 Å². The highest BCUT2D eigenvalue weighted by atomic mass is 19.4. The Morgan fingerprint density at radius 3 is 2.29 bits per heavy atom. The fraction of sp³-hybridized carbons (Fsp3) is 0.435. The monoisotopic (exact) mass is 436 g/mol. The summed E-state index contributed by atoms with van der Waals surface area (Å²) < 4.78 is 55.6. The quantitative estimate of drug-likeness (QED) is 0.612. The van der Waals surface area contributed by atoms with E-state index >= 15 is 0 Å². The lowest BCUT2D eigenvalue weighted by atomic mass is 10.0. The van der Waals surface area contributed by atoms with Gasteiger partial charge in [-0.25, -0.2) is 4.39 Å². The Hall–Kier alpha value is -2.61. The molecule has 1 atom stereocenters. The van der Waals surface area contributed by atoms with Gasteiger partial charge in [0.2, 0.25) is 0 Å². The van der Waals surface area contributed by atoms with Crippen LogP contribution in [0, 0.1) is 5.82 Å². The first-order chi connectivity index (χ1) is 14.8. The van der Waals surface area contributed by atoms with Gasteiger partial charge in [-0.2, -0.15) is 0 Å². The summed E-state index contributed by atoms with van der Waals surface area (Å²) in [6.45, 7) is 3.56. The topological polar surface area (TPSA) is 32.8 Å². The van der Waals surface area contributed by atoms with Gasteiger partial charge in [0.1, 0.15) is 11.6 Å². The van der Waals surface area contributed by atoms with Crippen LogP contribution in [0.4, 0.5) is 17.6 Å². The molecule has 2 aliphatic rings. The molecule has 0 spiro atoms. The molecule has 2 aromatic carbocycles. The number of hydrogen-bond donors (Lipinski definition) is 0. The zero-order valence-corrected chi connectivity index (χ0v) is 17.0. The minimum Gasteiger partial charge on any atom is -0.406 e. The highest BCUT2D eigenvalue weighted by Gasteiger charge is 2.33. The largest absolute Gasteiger partial charge is 0.573 e. The average molecular weight is 436 g/mol. The Labute approximate surface area is 178 Å². The Balaban J connectivity index is 1.47. The number of rotatable bonds is 5. The van der Waals surface area contributed by atoms with Crippen LogP contribution in [0.5, 0.6) is 5.75 Å². The van der Waals surface area contributed by atoms with Crippen molar-refractivity contribution in [1.29, 1.82) is 0 Å². The molecule has 1 amide bonds. The normalized spacial score (nSPS) is 19.7. The standard InChI is InChI=1S/C23H24F4N2O2/c24-21-14-17(16-5-8-19(9-6-16)31-23(25,26)27)7-10-20(21)22(30)29-13-3-4-18(29)15-28-11-1-2-12-28/h5-10,14,18H,1-4,11-13,15H2/t18-/m0/s1. The van der Waals surface area contributed by atoms with E-state index in [-0.39, 0.29) is 23.3 Å². The number of ether oxygens (including phenoxy) is 1. The first-order valence-corrected chi connectivity index (χ1v) is 10.5. The van der Waals surface area contributed by atoms with E-state index in [9.17, 15) is 22.4 Å². The molecule has 0 N–H and O–H groups in total. The second-order valence-electron chi connectivity index (χ2n) is 8.07. The molecule has 2 aliphatic heterocycles. The minimum atomic E-state index is -4.77. The highest BCUT2D eigenvalue weighted by molar-refractivity contribution is 5.95. The van der Waals surface area contributed by atoms with E-state index in [0.717, 1.165) is 32.5 Å². The maximum absolute atomic E-state index is 14.8.